The molecular formula is C17H21NO2. The van der Waals surface area contributed by atoms with Crippen LogP contribution in [0.1, 0.15) is 37.0 Å². The van der Waals surface area contributed by atoms with E-state index in [4.69, 9.17) is 4.74 Å². The van der Waals surface area contributed by atoms with Gasteiger partial charge in [-0.2, -0.15) is 0 Å². The first-order valence-electron chi connectivity index (χ1n) is 7.10. The van der Waals surface area contributed by atoms with E-state index in [1.165, 1.54) is 0 Å². The van der Waals surface area contributed by atoms with Crippen molar-refractivity contribution >= 4 is 0 Å². The zero-order valence-corrected chi connectivity index (χ0v) is 11.8. The van der Waals surface area contributed by atoms with E-state index in [-0.39, 0.29) is 0 Å². The Balaban J connectivity index is 1.99. The molecule has 3 nitrogen and oxygen atoms in total. The Hall–Kier alpha value is -1.87. The minimum absolute atomic E-state index is 0.511. The number of nitrogens with zero attached hydrogens (tertiary/aromatic N) is 1. The summed E-state index contributed by atoms with van der Waals surface area (Å²) in [6.07, 6.45) is 5.51. The van der Waals surface area contributed by atoms with Crippen LogP contribution in [0.4, 0.5) is 0 Å². The summed E-state index contributed by atoms with van der Waals surface area (Å²) in [5, 5.41) is 10.4. The fourth-order valence-corrected chi connectivity index (χ4v) is 2.10. The van der Waals surface area contributed by atoms with E-state index in [1.54, 1.807) is 6.20 Å². The standard InChI is InChI=1S/C17H21NO2/c1-2-12-20-17-8-4-3-7-15(17)16(19)10-9-14-6-5-11-18-13-14/h3-8,11,13,16,19H,2,9-10,12H2,1H3. The second kappa shape index (κ2) is 7.65. The quantitative estimate of drug-likeness (QED) is 0.837. The molecule has 0 amide bonds. The lowest BCUT2D eigenvalue weighted by Gasteiger charge is -2.16. The summed E-state index contributed by atoms with van der Waals surface area (Å²) < 4.78 is 5.69. The number of hydrogen-bond acceptors (Lipinski definition) is 3. The molecule has 1 N–H and O–H groups in total. The molecule has 1 aromatic carbocycles. The average molecular weight is 271 g/mol. The zero-order chi connectivity index (χ0) is 14.2. The first-order valence-corrected chi connectivity index (χ1v) is 7.10. The lowest BCUT2D eigenvalue weighted by molar-refractivity contribution is 0.161. The normalized spacial score (nSPS) is 12.1. The summed E-state index contributed by atoms with van der Waals surface area (Å²) in [7, 11) is 0. The molecule has 0 aliphatic carbocycles. The monoisotopic (exact) mass is 271 g/mol. The van der Waals surface area contributed by atoms with Gasteiger partial charge in [-0.1, -0.05) is 31.2 Å². The van der Waals surface area contributed by atoms with Crippen molar-refractivity contribution in [3.05, 3.63) is 59.9 Å². The van der Waals surface area contributed by atoms with Crippen LogP contribution in [0.15, 0.2) is 48.8 Å². The highest BCUT2D eigenvalue weighted by atomic mass is 16.5. The van der Waals surface area contributed by atoms with Crippen LogP contribution in [0.2, 0.25) is 0 Å². The van der Waals surface area contributed by atoms with Crippen molar-refractivity contribution in [3.8, 4) is 5.75 Å². The van der Waals surface area contributed by atoms with Crippen LogP contribution in [0.3, 0.4) is 0 Å². The SMILES string of the molecule is CCCOc1ccccc1C(O)CCc1cccnc1. The molecule has 2 rings (SSSR count). The number of pyridine rings is 1. The Morgan fingerprint density at radius 1 is 1.20 bits per heavy atom. The van der Waals surface area contributed by atoms with E-state index in [1.807, 2.05) is 42.6 Å². The van der Waals surface area contributed by atoms with Gasteiger partial charge in [0.2, 0.25) is 0 Å². The van der Waals surface area contributed by atoms with E-state index >= 15 is 0 Å². The molecule has 0 aliphatic heterocycles. The molecule has 0 aliphatic rings. The maximum absolute atomic E-state index is 10.4. The van der Waals surface area contributed by atoms with Gasteiger partial charge < -0.3 is 9.84 Å². The molecule has 0 saturated carbocycles. The Morgan fingerprint density at radius 3 is 2.80 bits per heavy atom. The second-order valence-electron chi connectivity index (χ2n) is 4.80. The van der Waals surface area contributed by atoms with Gasteiger partial charge >= 0.3 is 0 Å². The largest absolute Gasteiger partial charge is 0.493 e. The van der Waals surface area contributed by atoms with E-state index < -0.39 is 6.10 Å². The van der Waals surface area contributed by atoms with Crippen LogP contribution in [0.25, 0.3) is 0 Å². The fraction of sp³-hybridized carbons (Fsp3) is 0.353. The molecule has 1 atom stereocenters. The predicted molar refractivity (Wildman–Crippen MR) is 79.7 cm³/mol. The van der Waals surface area contributed by atoms with Crippen molar-refractivity contribution in [2.24, 2.45) is 0 Å². The van der Waals surface area contributed by atoms with Crippen LogP contribution < -0.4 is 4.74 Å². The second-order valence-corrected chi connectivity index (χ2v) is 4.80. The predicted octanol–water partition coefficient (Wildman–Crippen LogP) is 3.54. The highest BCUT2D eigenvalue weighted by Crippen LogP contribution is 2.28. The lowest BCUT2D eigenvalue weighted by atomic mass is 10.0. The molecule has 0 saturated heterocycles. The highest BCUT2D eigenvalue weighted by Gasteiger charge is 2.13. The molecule has 20 heavy (non-hydrogen) atoms. The van der Waals surface area contributed by atoms with Crippen LogP contribution in [0, 0.1) is 0 Å². The Morgan fingerprint density at radius 2 is 2.05 bits per heavy atom. The number of rotatable bonds is 7. The maximum atomic E-state index is 10.4. The lowest BCUT2D eigenvalue weighted by Crippen LogP contribution is -2.04. The van der Waals surface area contributed by atoms with E-state index in [9.17, 15) is 5.11 Å². The molecule has 3 heteroatoms. The number of para-hydroxylation sites is 1. The van der Waals surface area contributed by atoms with Crippen molar-refractivity contribution < 1.29 is 9.84 Å². The van der Waals surface area contributed by atoms with Gasteiger partial charge in [0.05, 0.1) is 12.7 Å². The molecule has 0 spiro atoms. The number of aromatic nitrogens is 1. The van der Waals surface area contributed by atoms with Crippen LogP contribution >= 0.6 is 0 Å². The molecule has 1 heterocycles. The smallest absolute Gasteiger partial charge is 0.125 e. The van der Waals surface area contributed by atoms with E-state index in [0.29, 0.717) is 13.0 Å². The number of benzene rings is 1. The maximum Gasteiger partial charge on any atom is 0.125 e. The summed E-state index contributed by atoms with van der Waals surface area (Å²) >= 11 is 0. The van der Waals surface area contributed by atoms with Crippen LogP contribution in [-0.4, -0.2) is 16.7 Å². The zero-order valence-electron chi connectivity index (χ0n) is 11.8. The van der Waals surface area contributed by atoms with Gasteiger partial charge in [-0.15, -0.1) is 0 Å². The van der Waals surface area contributed by atoms with Gasteiger partial charge in [0, 0.05) is 18.0 Å². The molecule has 106 valence electrons. The third kappa shape index (κ3) is 4.07. The Bertz CT molecular complexity index is 513. The summed E-state index contributed by atoms with van der Waals surface area (Å²) in [4.78, 5) is 4.09. The summed E-state index contributed by atoms with van der Waals surface area (Å²) in [6, 6.07) is 11.7. The van der Waals surface area contributed by atoms with Gasteiger partial charge in [0.15, 0.2) is 0 Å². The van der Waals surface area contributed by atoms with Crippen molar-refractivity contribution in [1.29, 1.82) is 0 Å². The highest BCUT2D eigenvalue weighted by molar-refractivity contribution is 5.35. The molecule has 0 radical (unpaired) electrons. The molecule has 1 unspecified atom stereocenters. The fourth-order valence-electron chi connectivity index (χ4n) is 2.10. The molecule has 2 aromatic rings. The first kappa shape index (κ1) is 14.5. The number of hydrogen-bond donors (Lipinski definition) is 1. The number of aryl methyl sites for hydroxylation is 1. The van der Waals surface area contributed by atoms with Crippen molar-refractivity contribution in [2.45, 2.75) is 32.3 Å². The molecule has 1 aromatic heterocycles. The van der Waals surface area contributed by atoms with E-state index in [2.05, 4.69) is 11.9 Å². The topological polar surface area (TPSA) is 42.4 Å². The number of ether oxygens (including phenoxy) is 1. The Kier molecular flexibility index (Phi) is 5.56. The summed E-state index contributed by atoms with van der Waals surface area (Å²) in [6.45, 7) is 2.74. The average Bonchev–Trinajstić information content (AvgIpc) is 2.52. The van der Waals surface area contributed by atoms with Crippen molar-refractivity contribution in [2.75, 3.05) is 6.61 Å². The molecule has 0 fully saturated rings. The third-order valence-corrected chi connectivity index (χ3v) is 3.17. The third-order valence-electron chi connectivity index (χ3n) is 3.17. The number of aliphatic hydroxyl groups excluding tert-OH is 1. The van der Waals surface area contributed by atoms with Crippen LogP contribution in [-0.2, 0) is 6.42 Å². The summed E-state index contributed by atoms with van der Waals surface area (Å²) in [5.74, 6) is 0.785. The van der Waals surface area contributed by atoms with Crippen molar-refractivity contribution in [1.82, 2.24) is 4.98 Å². The minimum atomic E-state index is -0.511. The van der Waals surface area contributed by atoms with Gasteiger partial charge in [0.1, 0.15) is 5.75 Å². The Labute approximate surface area is 120 Å². The van der Waals surface area contributed by atoms with E-state index in [0.717, 1.165) is 29.7 Å². The van der Waals surface area contributed by atoms with Crippen molar-refractivity contribution in [3.63, 3.8) is 0 Å². The number of aliphatic hydroxyl groups is 1. The molecular weight excluding hydrogens is 250 g/mol. The first-order chi connectivity index (χ1) is 9.81. The van der Waals surface area contributed by atoms with Crippen LogP contribution in [0.5, 0.6) is 5.75 Å². The summed E-state index contributed by atoms with van der Waals surface area (Å²) in [5.41, 5.74) is 2.00. The van der Waals surface area contributed by atoms with Gasteiger partial charge in [-0.25, -0.2) is 0 Å². The van der Waals surface area contributed by atoms with Gasteiger partial charge in [-0.3, -0.25) is 4.98 Å². The molecule has 0 bridgehead atoms. The minimum Gasteiger partial charge on any atom is -0.493 e. The van der Waals surface area contributed by atoms with Gasteiger partial charge in [-0.05, 0) is 37.0 Å². The van der Waals surface area contributed by atoms with Gasteiger partial charge in [0.25, 0.3) is 0 Å².